The largest absolute Gasteiger partial charge is 0.272 e. The molecular weight excluding hydrogens is 493 g/mol. The first-order valence-corrected chi connectivity index (χ1v) is 11.9. The Bertz CT molecular complexity index is 1200. The van der Waals surface area contributed by atoms with Crippen molar-refractivity contribution in [3.05, 3.63) is 99.0 Å². The fourth-order valence-corrected chi connectivity index (χ4v) is 4.79. The predicted molar refractivity (Wildman–Crippen MR) is 128 cm³/mol. The number of hydrazone groups is 1. The van der Waals surface area contributed by atoms with E-state index in [1.165, 1.54) is 18.3 Å². The lowest BCUT2D eigenvalue weighted by Crippen LogP contribution is -2.39. The topological polar surface area (TPSA) is 78.8 Å². The summed E-state index contributed by atoms with van der Waals surface area (Å²) in [6.07, 6.45) is 1.30. The van der Waals surface area contributed by atoms with Gasteiger partial charge in [0, 0.05) is 17.1 Å². The van der Waals surface area contributed by atoms with Crippen LogP contribution in [-0.4, -0.2) is 31.4 Å². The fraction of sp³-hybridized carbons (Fsp3) is 0.0909. The molecule has 0 saturated carbocycles. The molecule has 10 heteroatoms. The molecule has 3 aromatic carbocycles. The molecule has 0 saturated heterocycles. The number of carbonyl (C=O) groups excluding carboxylic acids is 1. The maximum absolute atomic E-state index is 13.2. The smallest absolute Gasteiger partial charge is 0.255 e. The number of carbonyl (C=O) groups is 1. The van der Waals surface area contributed by atoms with E-state index in [1.54, 1.807) is 60.7 Å². The molecule has 3 rings (SSSR count). The third-order valence-electron chi connectivity index (χ3n) is 4.36. The molecule has 0 aliphatic heterocycles. The zero-order chi connectivity index (χ0) is 23.1. The van der Waals surface area contributed by atoms with Crippen molar-refractivity contribution in [3.63, 3.8) is 0 Å². The van der Waals surface area contributed by atoms with Gasteiger partial charge in [-0.3, -0.25) is 4.79 Å². The normalized spacial score (nSPS) is 11.8. The Balaban J connectivity index is 1.79. The maximum atomic E-state index is 13.2. The van der Waals surface area contributed by atoms with Crippen LogP contribution in [0.5, 0.6) is 0 Å². The summed E-state index contributed by atoms with van der Waals surface area (Å²) in [4.78, 5) is 12.6. The number of hydrogen-bond donors (Lipinski definition) is 1. The molecule has 0 atom stereocenters. The minimum Gasteiger partial charge on any atom is -0.272 e. The van der Waals surface area contributed by atoms with Crippen LogP contribution in [-0.2, 0) is 21.4 Å². The summed E-state index contributed by atoms with van der Waals surface area (Å²) in [6, 6.07) is 19.6. The van der Waals surface area contributed by atoms with Crippen LogP contribution in [0.4, 0.5) is 0 Å². The highest BCUT2D eigenvalue weighted by atomic mass is 35.5. The molecule has 0 fully saturated rings. The molecule has 0 aliphatic rings. The first kappa shape index (κ1) is 24.2. The summed E-state index contributed by atoms with van der Waals surface area (Å²) in [5.74, 6) is -0.627. The van der Waals surface area contributed by atoms with Crippen molar-refractivity contribution >= 4 is 56.9 Å². The van der Waals surface area contributed by atoms with Crippen LogP contribution in [0.1, 0.15) is 11.1 Å². The minimum atomic E-state index is -3.95. The van der Waals surface area contributed by atoms with Gasteiger partial charge >= 0.3 is 0 Å². The lowest BCUT2D eigenvalue weighted by molar-refractivity contribution is -0.121. The second kappa shape index (κ2) is 10.9. The maximum Gasteiger partial charge on any atom is 0.255 e. The van der Waals surface area contributed by atoms with E-state index in [4.69, 9.17) is 34.8 Å². The van der Waals surface area contributed by atoms with Gasteiger partial charge in [-0.05, 0) is 42.0 Å². The molecule has 0 unspecified atom stereocenters. The van der Waals surface area contributed by atoms with E-state index < -0.39 is 22.5 Å². The molecule has 0 spiro atoms. The summed E-state index contributed by atoms with van der Waals surface area (Å²) in [7, 11) is -3.95. The zero-order valence-corrected chi connectivity index (χ0v) is 19.7. The van der Waals surface area contributed by atoms with Gasteiger partial charge in [0.05, 0.1) is 27.7 Å². The predicted octanol–water partition coefficient (Wildman–Crippen LogP) is 4.99. The summed E-state index contributed by atoms with van der Waals surface area (Å²) in [6.45, 7) is -0.477. The lowest BCUT2D eigenvalue weighted by Gasteiger charge is -2.21. The number of rotatable bonds is 8. The van der Waals surface area contributed by atoms with Gasteiger partial charge in [0.25, 0.3) is 5.91 Å². The molecule has 166 valence electrons. The van der Waals surface area contributed by atoms with Crippen LogP contribution in [0.3, 0.4) is 0 Å². The highest BCUT2D eigenvalue weighted by Gasteiger charge is 2.26. The average Bonchev–Trinajstić information content (AvgIpc) is 2.77. The molecule has 3 aromatic rings. The fourth-order valence-electron chi connectivity index (χ4n) is 2.76. The Morgan fingerprint density at radius 3 is 2.16 bits per heavy atom. The number of sulfonamides is 1. The van der Waals surface area contributed by atoms with Crippen LogP contribution >= 0.6 is 34.8 Å². The van der Waals surface area contributed by atoms with E-state index in [2.05, 4.69) is 10.5 Å². The Kier molecular flexibility index (Phi) is 8.28. The van der Waals surface area contributed by atoms with E-state index in [-0.39, 0.29) is 11.4 Å². The molecule has 0 bridgehead atoms. The van der Waals surface area contributed by atoms with E-state index in [1.807, 2.05) is 0 Å². The quantitative estimate of drug-likeness (QED) is 0.343. The van der Waals surface area contributed by atoms with Crippen molar-refractivity contribution in [2.45, 2.75) is 11.4 Å². The van der Waals surface area contributed by atoms with Crippen LogP contribution in [0.15, 0.2) is 82.8 Å². The van der Waals surface area contributed by atoms with Gasteiger partial charge in [-0.25, -0.2) is 13.8 Å². The highest BCUT2D eigenvalue weighted by Crippen LogP contribution is 2.22. The number of amides is 1. The number of halogens is 3. The monoisotopic (exact) mass is 509 g/mol. The van der Waals surface area contributed by atoms with Crippen molar-refractivity contribution in [2.24, 2.45) is 5.10 Å². The van der Waals surface area contributed by atoms with Gasteiger partial charge in [-0.2, -0.15) is 9.41 Å². The molecule has 0 heterocycles. The molecule has 0 aliphatic carbocycles. The number of hydrogen-bond acceptors (Lipinski definition) is 4. The average molecular weight is 511 g/mol. The molecule has 32 heavy (non-hydrogen) atoms. The molecule has 1 amide bonds. The van der Waals surface area contributed by atoms with E-state index >= 15 is 0 Å². The van der Waals surface area contributed by atoms with E-state index in [0.717, 1.165) is 4.31 Å². The molecule has 1 N–H and O–H groups in total. The summed E-state index contributed by atoms with van der Waals surface area (Å²) in [5.41, 5.74) is 3.43. The Morgan fingerprint density at radius 1 is 0.906 bits per heavy atom. The summed E-state index contributed by atoms with van der Waals surface area (Å²) >= 11 is 18.1. The molecule has 6 nitrogen and oxygen atoms in total. The molecular formula is C22H18Cl3N3O3S. The zero-order valence-electron chi connectivity index (χ0n) is 16.6. The van der Waals surface area contributed by atoms with Crippen molar-refractivity contribution in [1.82, 2.24) is 9.73 Å². The van der Waals surface area contributed by atoms with E-state index in [0.29, 0.717) is 26.2 Å². The first-order chi connectivity index (χ1) is 15.3. The number of benzene rings is 3. The van der Waals surface area contributed by atoms with Gasteiger partial charge in [0.1, 0.15) is 0 Å². The summed E-state index contributed by atoms with van der Waals surface area (Å²) in [5, 5.41) is 5.12. The minimum absolute atomic E-state index is 0.0259. The highest BCUT2D eigenvalue weighted by molar-refractivity contribution is 7.89. The number of nitrogens with one attached hydrogen (secondary N) is 1. The van der Waals surface area contributed by atoms with Crippen molar-refractivity contribution in [2.75, 3.05) is 6.54 Å². The van der Waals surface area contributed by atoms with Gasteiger partial charge in [0.2, 0.25) is 10.0 Å². The van der Waals surface area contributed by atoms with E-state index in [9.17, 15) is 13.2 Å². The third-order valence-corrected chi connectivity index (χ3v) is 7.07. The van der Waals surface area contributed by atoms with Gasteiger partial charge in [-0.1, -0.05) is 71.2 Å². The second-order valence-electron chi connectivity index (χ2n) is 6.64. The first-order valence-electron chi connectivity index (χ1n) is 9.33. The molecule has 0 aromatic heterocycles. The lowest BCUT2D eigenvalue weighted by atomic mass is 10.2. The van der Waals surface area contributed by atoms with Crippen LogP contribution in [0, 0.1) is 0 Å². The Labute approximate surface area is 201 Å². The van der Waals surface area contributed by atoms with Gasteiger partial charge in [0.15, 0.2) is 0 Å². The Morgan fingerprint density at radius 2 is 1.53 bits per heavy atom. The third kappa shape index (κ3) is 6.31. The Hall–Kier alpha value is -2.42. The number of nitrogens with zero attached hydrogens (tertiary/aromatic N) is 2. The van der Waals surface area contributed by atoms with Crippen molar-refractivity contribution in [1.29, 1.82) is 0 Å². The summed E-state index contributed by atoms with van der Waals surface area (Å²) < 4.78 is 27.4. The van der Waals surface area contributed by atoms with Crippen LogP contribution in [0.2, 0.25) is 15.1 Å². The standard InChI is InChI=1S/C22H18Cl3N3O3S/c23-17-11-9-16(10-12-17)14-28(32(30,31)18-5-2-1-3-6-18)15-22(29)27-26-13-19-20(24)7-4-8-21(19)25/h1-13H,14-15H2,(H,27,29). The van der Waals surface area contributed by atoms with Gasteiger partial charge < -0.3 is 0 Å². The second-order valence-corrected chi connectivity index (χ2v) is 9.83. The van der Waals surface area contributed by atoms with Crippen molar-refractivity contribution in [3.8, 4) is 0 Å². The molecule has 0 radical (unpaired) electrons. The van der Waals surface area contributed by atoms with Crippen LogP contribution in [0.25, 0.3) is 0 Å². The van der Waals surface area contributed by atoms with Crippen LogP contribution < -0.4 is 5.43 Å². The van der Waals surface area contributed by atoms with Crippen molar-refractivity contribution < 1.29 is 13.2 Å². The van der Waals surface area contributed by atoms with Gasteiger partial charge in [-0.15, -0.1) is 0 Å². The SMILES string of the molecule is O=C(CN(Cc1ccc(Cl)cc1)S(=O)(=O)c1ccccc1)NN=Cc1c(Cl)cccc1Cl.